The minimum absolute atomic E-state index is 0.0106. The molecule has 3 aromatic rings. The first-order valence-corrected chi connectivity index (χ1v) is 10.3. The van der Waals surface area contributed by atoms with Gasteiger partial charge in [0.15, 0.2) is 0 Å². The van der Waals surface area contributed by atoms with Crippen molar-refractivity contribution in [2.24, 2.45) is 0 Å². The molecule has 0 aliphatic carbocycles. The van der Waals surface area contributed by atoms with E-state index in [4.69, 9.17) is 0 Å². The third kappa shape index (κ3) is 6.43. The van der Waals surface area contributed by atoms with Crippen molar-refractivity contribution < 1.29 is 35.9 Å². The Morgan fingerprint density at radius 2 is 1.59 bits per heavy atom. The van der Waals surface area contributed by atoms with Crippen LogP contribution >= 0.6 is 11.3 Å². The fourth-order valence-corrected chi connectivity index (χ4v) is 3.25. The van der Waals surface area contributed by atoms with Gasteiger partial charge in [-0.1, -0.05) is 0 Å². The van der Waals surface area contributed by atoms with Gasteiger partial charge >= 0.3 is 18.4 Å². The van der Waals surface area contributed by atoms with Gasteiger partial charge in [-0.2, -0.15) is 26.3 Å². The maximum absolute atomic E-state index is 13.0. The van der Waals surface area contributed by atoms with Gasteiger partial charge in [-0.3, -0.25) is 4.79 Å². The number of thiazole rings is 1. The summed E-state index contributed by atoms with van der Waals surface area (Å²) >= 11 is 1.24. The zero-order valence-electron chi connectivity index (χ0n) is 17.1. The molecule has 14 heteroatoms. The number of amides is 3. The van der Waals surface area contributed by atoms with Crippen LogP contribution in [0.3, 0.4) is 0 Å². The fourth-order valence-electron chi connectivity index (χ4n) is 2.72. The van der Waals surface area contributed by atoms with Crippen molar-refractivity contribution in [3.63, 3.8) is 0 Å². The van der Waals surface area contributed by atoms with Crippen molar-refractivity contribution in [3.8, 4) is 0 Å². The predicted molar refractivity (Wildman–Crippen MR) is 111 cm³/mol. The van der Waals surface area contributed by atoms with E-state index in [2.05, 4.69) is 25.9 Å². The Labute approximate surface area is 192 Å². The lowest BCUT2D eigenvalue weighted by Gasteiger charge is -2.19. The van der Waals surface area contributed by atoms with Crippen LogP contribution in [-0.2, 0) is 12.4 Å². The zero-order valence-corrected chi connectivity index (χ0v) is 17.9. The average Bonchev–Trinajstić information content (AvgIpc) is 3.28. The molecule has 0 saturated heterocycles. The van der Waals surface area contributed by atoms with Crippen LogP contribution in [0.25, 0.3) is 0 Å². The second-order valence-electron chi connectivity index (χ2n) is 6.92. The fraction of sp³-hybridized carbons (Fsp3) is 0.200. The van der Waals surface area contributed by atoms with Crippen LogP contribution in [0.2, 0.25) is 0 Å². The summed E-state index contributed by atoms with van der Waals surface area (Å²) in [7, 11) is 0. The Morgan fingerprint density at radius 1 is 0.941 bits per heavy atom. The molecule has 0 aliphatic rings. The molecule has 0 fully saturated rings. The van der Waals surface area contributed by atoms with Gasteiger partial charge in [-0.15, -0.1) is 11.3 Å². The van der Waals surface area contributed by atoms with Gasteiger partial charge in [0.2, 0.25) is 0 Å². The first-order valence-electron chi connectivity index (χ1n) is 9.35. The number of carbonyl (C=O) groups is 2. The lowest BCUT2D eigenvalue weighted by molar-refractivity contribution is -0.143. The minimum Gasteiger partial charge on any atom is -0.331 e. The van der Waals surface area contributed by atoms with E-state index in [1.807, 2.05) is 0 Å². The van der Waals surface area contributed by atoms with Crippen molar-refractivity contribution in [2.45, 2.75) is 25.3 Å². The molecule has 0 spiro atoms. The van der Waals surface area contributed by atoms with Crippen LogP contribution in [0.4, 0.5) is 42.6 Å². The lowest BCUT2D eigenvalue weighted by atomic mass is 10.0. The van der Waals surface area contributed by atoms with Crippen LogP contribution in [0.1, 0.15) is 40.1 Å². The molecule has 0 aliphatic heterocycles. The first-order chi connectivity index (χ1) is 15.8. The SMILES string of the molecule is CC(NC(=O)Nc1ccc(NC(=O)c2cscn2)nc1)c1cc(C(F)(F)F)cc(C(F)(F)F)c1. The van der Waals surface area contributed by atoms with Crippen LogP contribution < -0.4 is 16.0 Å². The number of carbonyl (C=O) groups excluding carboxylic acids is 2. The standard InChI is InChI=1S/C20H15F6N5O2S/c1-10(11-4-12(19(21,22)23)6-13(5-11)20(24,25)26)29-18(33)30-14-2-3-16(27-7-14)31-17(32)15-8-34-9-28-15/h2-10H,1H3,(H,27,31,32)(H2,29,30,33). The third-order valence-corrected chi connectivity index (χ3v) is 4.97. The van der Waals surface area contributed by atoms with Crippen molar-refractivity contribution in [1.82, 2.24) is 15.3 Å². The molecule has 0 bridgehead atoms. The Morgan fingerprint density at radius 3 is 2.09 bits per heavy atom. The Kier molecular flexibility index (Phi) is 7.09. The number of urea groups is 1. The van der Waals surface area contributed by atoms with Gasteiger partial charge in [0, 0.05) is 5.38 Å². The van der Waals surface area contributed by atoms with Gasteiger partial charge in [0.1, 0.15) is 11.5 Å². The lowest BCUT2D eigenvalue weighted by Crippen LogP contribution is -2.31. The van der Waals surface area contributed by atoms with E-state index in [1.54, 1.807) is 5.38 Å². The Balaban J connectivity index is 1.66. The van der Waals surface area contributed by atoms with Gasteiger partial charge < -0.3 is 16.0 Å². The molecule has 0 saturated carbocycles. The number of benzene rings is 1. The summed E-state index contributed by atoms with van der Waals surface area (Å²) in [5, 5.41) is 8.67. The highest BCUT2D eigenvalue weighted by atomic mass is 32.1. The molecule has 180 valence electrons. The first kappa shape index (κ1) is 25.0. The third-order valence-electron chi connectivity index (χ3n) is 4.39. The van der Waals surface area contributed by atoms with E-state index in [9.17, 15) is 35.9 Å². The largest absolute Gasteiger partial charge is 0.416 e. The van der Waals surface area contributed by atoms with Crippen LogP contribution in [-0.4, -0.2) is 21.9 Å². The molecule has 3 amide bonds. The number of alkyl halides is 6. The summed E-state index contributed by atoms with van der Waals surface area (Å²) in [5.74, 6) is -0.318. The number of anilines is 2. The second-order valence-corrected chi connectivity index (χ2v) is 7.64. The summed E-state index contributed by atoms with van der Waals surface area (Å²) in [6, 6.07) is 1.79. The maximum Gasteiger partial charge on any atom is 0.416 e. The molecule has 3 rings (SSSR count). The summed E-state index contributed by atoms with van der Waals surface area (Å²) in [4.78, 5) is 31.9. The van der Waals surface area contributed by atoms with E-state index in [0.29, 0.717) is 12.1 Å². The van der Waals surface area contributed by atoms with E-state index in [-0.39, 0.29) is 28.8 Å². The summed E-state index contributed by atoms with van der Waals surface area (Å²) in [6.07, 6.45) is -8.80. The topological polar surface area (TPSA) is 96.0 Å². The number of hydrogen-bond donors (Lipinski definition) is 3. The molecule has 0 radical (unpaired) electrons. The highest BCUT2D eigenvalue weighted by Crippen LogP contribution is 2.37. The molecule has 1 aromatic carbocycles. The molecule has 2 heterocycles. The molecule has 34 heavy (non-hydrogen) atoms. The van der Waals surface area contributed by atoms with E-state index >= 15 is 0 Å². The van der Waals surface area contributed by atoms with E-state index in [0.717, 1.165) is 0 Å². The molecule has 7 nitrogen and oxygen atoms in total. The van der Waals surface area contributed by atoms with Crippen molar-refractivity contribution in [1.29, 1.82) is 0 Å². The average molecular weight is 503 g/mol. The maximum atomic E-state index is 13.0. The van der Waals surface area contributed by atoms with E-state index in [1.165, 1.54) is 42.1 Å². The van der Waals surface area contributed by atoms with Gasteiger partial charge in [0.25, 0.3) is 5.91 Å². The summed E-state index contributed by atoms with van der Waals surface area (Å²) in [5.41, 5.74) is -1.49. The van der Waals surface area contributed by atoms with Gasteiger partial charge in [-0.25, -0.2) is 14.8 Å². The van der Waals surface area contributed by atoms with Gasteiger partial charge in [-0.05, 0) is 42.8 Å². The highest BCUT2D eigenvalue weighted by molar-refractivity contribution is 7.07. The molecule has 3 N–H and O–H groups in total. The zero-order chi connectivity index (χ0) is 25.1. The number of rotatable bonds is 5. The smallest absolute Gasteiger partial charge is 0.331 e. The van der Waals surface area contributed by atoms with Crippen molar-refractivity contribution in [2.75, 3.05) is 10.6 Å². The normalized spacial score (nSPS) is 12.7. The molecule has 2 aromatic heterocycles. The number of halogens is 6. The van der Waals surface area contributed by atoms with Crippen LogP contribution in [0, 0.1) is 0 Å². The molecular weight excluding hydrogens is 488 g/mol. The quantitative estimate of drug-likeness (QED) is 0.389. The minimum atomic E-state index is -5.00. The Hall–Kier alpha value is -3.68. The summed E-state index contributed by atoms with van der Waals surface area (Å²) in [6.45, 7) is 1.24. The van der Waals surface area contributed by atoms with Crippen LogP contribution in [0.5, 0.6) is 0 Å². The molecular formula is C20H15F6N5O2S. The molecule has 1 unspecified atom stereocenters. The summed E-state index contributed by atoms with van der Waals surface area (Å²) < 4.78 is 78.2. The number of nitrogens with zero attached hydrogens (tertiary/aromatic N) is 2. The van der Waals surface area contributed by atoms with E-state index < -0.39 is 41.5 Å². The van der Waals surface area contributed by atoms with Crippen LogP contribution in [0.15, 0.2) is 47.4 Å². The molecule has 1 atom stereocenters. The highest BCUT2D eigenvalue weighted by Gasteiger charge is 2.37. The number of nitrogens with one attached hydrogen (secondary N) is 3. The number of aromatic nitrogens is 2. The van der Waals surface area contributed by atoms with Crippen molar-refractivity contribution >= 4 is 34.8 Å². The second kappa shape index (κ2) is 9.67. The van der Waals surface area contributed by atoms with Crippen molar-refractivity contribution in [3.05, 3.63) is 69.8 Å². The Bertz CT molecular complexity index is 1130. The van der Waals surface area contributed by atoms with Gasteiger partial charge in [0.05, 0.1) is 34.6 Å². The monoisotopic (exact) mass is 503 g/mol. The number of hydrogen-bond acceptors (Lipinski definition) is 5. The predicted octanol–water partition coefficient (Wildman–Crippen LogP) is 5.71. The number of pyridine rings is 1.